The summed E-state index contributed by atoms with van der Waals surface area (Å²) in [6, 6.07) is 25.1. The number of hydrogen-bond donors (Lipinski definition) is 0. The quantitative estimate of drug-likeness (QED) is 0.358. The second kappa shape index (κ2) is 9.42. The van der Waals surface area contributed by atoms with Crippen molar-refractivity contribution in [2.75, 3.05) is 0 Å². The highest BCUT2D eigenvalue weighted by atomic mass is 14.7. The maximum absolute atomic E-state index is 4.80. The van der Waals surface area contributed by atoms with Crippen LogP contribution in [0.3, 0.4) is 0 Å². The second-order valence-electron chi connectivity index (χ2n) is 9.47. The molecule has 0 amide bonds. The Bertz CT molecular complexity index is 2210. The molecule has 38 heavy (non-hydrogen) atoms. The number of hydrogen-bond acceptors (Lipinski definition) is 2. The van der Waals surface area contributed by atoms with Crippen LogP contribution in [0.15, 0.2) is 98.3 Å². The van der Waals surface area contributed by atoms with E-state index in [4.69, 9.17) is 9.97 Å². The SMILES string of the molecule is C=Cc1ccc2ccc(=C)c=2/c(=C/c2ccc3c(/C=c4\cc(C=C)ccc5ccc(=C)c4=5)ncc-3cn2)c1. The molecule has 4 aliphatic carbocycles. The van der Waals surface area contributed by atoms with Crippen LogP contribution in [0.5, 0.6) is 0 Å². The minimum Gasteiger partial charge on any atom is -0.256 e. The van der Waals surface area contributed by atoms with E-state index < -0.39 is 0 Å². The lowest BCUT2D eigenvalue weighted by Gasteiger charge is -1.93. The first-order valence-electron chi connectivity index (χ1n) is 12.5. The van der Waals surface area contributed by atoms with Crippen LogP contribution in [0.4, 0.5) is 0 Å². The van der Waals surface area contributed by atoms with Gasteiger partial charge in [0, 0.05) is 23.5 Å². The molecule has 0 bridgehead atoms. The first-order valence-corrected chi connectivity index (χ1v) is 12.5. The number of rotatable bonds is 4. The van der Waals surface area contributed by atoms with Gasteiger partial charge in [0.1, 0.15) is 0 Å². The molecule has 0 aromatic heterocycles. The van der Waals surface area contributed by atoms with Gasteiger partial charge in [-0.15, -0.1) is 0 Å². The molecule has 2 aliphatic heterocycles. The summed E-state index contributed by atoms with van der Waals surface area (Å²) in [6.45, 7) is 16.4. The summed E-state index contributed by atoms with van der Waals surface area (Å²) in [6.07, 6.45) is 11.7. The predicted molar refractivity (Wildman–Crippen MR) is 159 cm³/mol. The Labute approximate surface area is 220 Å². The van der Waals surface area contributed by atoms with Crippen LogP contribution in [0.1, 0.15) is 22.5 Å². The smallest absolute Gasteiger partial charge is 0.0715 e. The van der Waals surface area contributed by atoms with E-state index in [0.717, 1.165) is 75.4 Å². The molecule has 0 aromatic carbocycles. The minimum atomic E-state index is 0.855. The lowest BCUT2D eigenvalue weighted by atomic mass is 10.1. The molecule has 2 nitrogen and oxygen atoms in total. The van der Waals surface area contributed by atoms with Crippen LogP contribution < -0.4 is 20.9 Å². The van der Waals surface area contributed by atoms with E-state index in [1.54, 1.807) is 0 Å². The van der Waals surface area contributed by atoms with Crippen LogP contribution in [-0.4, -0.2) is 9.97 Å². The van der Waals surface area contributed by atoms with Crippen molar-refractivity contribution < 1.29 is 0 Å². The van der Waals surface area contributed by atoms with Gasteiger partial charge in [-0.25, -0.2) is 0 Å². The molecule has 2 heteroatoms. The van der Waals surface area contributed by atoms with E-state index in [9.17, 15) is 0 Å². The molecule has 0 aromatic rings. The maximum atomic E-state index is 4.80. The Morgan fingerprint density at radius 3 is 1.74 bits per heavy atom. The predicted octanol–water partition coefficient (Wildman–Crippen LogP) is 4.80. The van der Waals surface area contributed by atoms with Crippen molar-refractivity contribution in [2.45, 2.75) is 0 Å². The highest BCUT2D eigenvalue weighted by Gasteiger charge is 2.09. The van der Waals surface area contributed by atoms with Crippen LogP contribution in [0.25, 0.3) is 48.6 Å². The number of fused-ring (bicyclic) bond motifs is 1. The third-order valence-electron chi connectivity index (χ3n) is 7.05. The first-order chi connectivity index (χ1) is 18.5. The first kappa shape index (κ1) is 23.3. The highest BCUT2D eigenvalue weighted by Crippen LogP contribution is 2.24. The fraction of sp³-hybridized carbons (Fsp3) is 0. The second-order valence-corrected chi connectivity index (χ2v) is 9.47. The average Bonchev–Trinajstić information content (AvgIpc) is 3.45. The van der Waals surface area contributed by atoms with Crippen molar-refractivity contribution in [3.05, 3.63) is 163 Å². The van der Waals surface area contributed by atoms with E-state index in [1.807, 2.05) is 30.6 Å². The van der Waals surface area contributed by atoms with E-state index in [1.165, 1.54) is 0 Å². The van der Waals surface area contributed by atoms with Crippen molar-refractivity contribution in [2.24, 2.45) is 0 Å². The standard InChI is InChI=1S/C36H26N2/c1-5-25-9-13-27-11-7-23(3)35(27)29(17-25)19-32-15-16-33-31(21-37-32)22-38-34(33)20-30-18-26(6-2)10-14-28-12-8-24(4)36(28)30/h5-22H,1-4H2/b29-19+,30-20+. The van der Waals surface area contributed by atoms with Crippen molar-refractivity contribution in [3.63, 3.8) is 0 Å². The van der Waals surface area contributed by atoms with Gasteiger partial charge in [0.25, 0.3) is 0 Å². The Hall–Kier alpha value is -5.08. The molecule has 0 N–H and O–H groups in total. The molecule has 6 aliphatic rings. The third-order valence-corrected chi connectivity index (χ3v) is 7.05. The lowest BCUT2D eigenvalue weighted by Crippen LogP contribution is -2.10. The summed E-state index contributed by atoms with van der Waals surface area (Å²) in [7, 11) is 0. The molecule has 0 saturated carbocycles. The van der Waals surface area contributed by atoms with Crippen LogP contribution in [-0.2, 0) is 0 Å². The average molecular weight is 487 g/mol. The monoisotopic (exact) mass is 486 g/mol. The molecule has 6 rings (SSSR count). The Balaban J connectivity index is 1.58. The summed E-state index contributed by atoms with van der Waals surface area (Å²) >= 11 is 0. The summed E-state index contributed by atoms with van der Waals surface area (Å²) in [5.41, 5.74) is 5.86. The fourth-order valence-electron chi connectivity index (χ4n) is 5.09. The van der Waals surface area contributed by atoms with Gasteiger partial charge in [-0.2, -0.15) is 0 Å². The van der Waals surface area contributed by atoms with Crippen LogP contribution in [0, 0.1) is 20.9 Å². The van der Waals surface area contributed by atoms with Gasteiger partial charge in [-0.3, -0.25) is 9.97 Å². The Kier molecular flexibility index (Phi) is 5.78. The molecule has 0 atom stereocenters. The molecular formula is C36H26N2. The third kappa shape index (κ3) is 4.12. The number of aromatic nitrogens is 2. The van der Waals surface area contributed by atoms with Gasteiger partial charge < -0.3 is 0 Å². The summed E-state index contributed by atoms with van der Waals surface area (Å²) in [5, 5.41) is 8.66. The molecular weight excluding hydrogens is 460 g/mol. The maximum Gasteiger partial charge on any atom is 0.0715 e. The van der Waals surface area contributed by atoms with Gasteiger partial charge in [0.2, 0.25) is 0 Å². The Morgan fingerprint density at radius 2 is 1.13 bits per heavy atom. The van der Waals surface area contributed by atoms with Crippen LogP contribution >= 0.6 is 0 Å². The van der Waals surface area contributed by atoms with Gasteiger partial charge in [-0.1, -0.05) is 87.0 Å². The molecule has 0 radical (unpaired) electrons. The van der Waals surface area contributed by atoms with E-state index in [2.05, 4.69) is 105 Å². The lowest BCUT2D eigenvalue weighted by molar-refractivity contribution is 1.31. The summed E-state index contributed by atoms with van der Waals surface area (Å²) in [4.78, 5) is 9.53. The molecule has 0 spiro atoms. The normalized spacial score (nSPS) is 12.4. The topological polar surface area (TPSA) is 25.8 Å². The molecule has 0 unspecified atom stereocenters. The highest BCUT2D eigenvalue weighted by molar-refractivity contribution is 5.74. The van der Waals surface area contributed by atoms with Crippen molar-refractivity contribution in [1.29, 1.82) is 0 Å². The van der Waals surface area contributed by atoms with Crippen LogP contribution in [0.2, 0.25) is 0 Å². The Morgan fingerprint density at radius 1 is 0.579 bits per heavy atom. The zero-order chi connectivity index (χ0) is 26.2. The zero-order valence-electron chi connectivity index (χ0n) is 21.1. The van der Waals surface area contributed by atoms with Crippen molar-refractivity contribution in [1.82, 2.24) is 9.97 Å². The van der Waals surface area contributed by atoms with Gasteiger partial charge >= 0.3 is 0 Å². The zero-order valence-corrected chi connectivity index (χ0v) is 21.1. The van der Waals surface area contributed by atoms with Gasteiger partial charge in [0.05, 0.1) is 11.4 Å². The molecule has 0 fully saturated rings. The minimum absolute atomic E-state index is 0.855. The van der Waals surface area contributed by atoms with E-state index in [-0.39, 0.29) is 0 Å². The summed E-state index contributed by atoms with van der Waals surface area (Å²) < 4.78 is 0. The number of nitrogens with zero attached hydrogens (tertiary/aromatic N) is 2. The fourth-order valence-corrected chi connectivity index (χ4v) is 5.09. The molecule has 2 heterocycles. The van der Waals surface area contributed by atoms with E-state index >= 15 is 0 Å². The molecule has 0 saturated heterocycles. The van der Waals surface area contributed by atoms with Crippen molar-refractivity contribution >= 4 is 37.5 Å². The van der Waals surface area contributed by atoms with Crippen molar-refractivity contribution in [3.8, 4) is 11.1 Å². The van der Waals surface area contributed by atoms with Gasteiger partial charge in [-0.05, 0) is 89.3 Å². The molecule has 180 valence electrons. The largest absolute Gasteiger partial charge is 0.256 e. The van der Waals surface area contributed by atoms with E-state index in [0.29, 0.717) is 0 Å². The summed E-state index contributed by atoms with van der Waals surface area (Å²) in [5.74, 6) is 0. The van der Waals surface area contributed by atoms with Gasteiger partial charge in [0.15, 0.2) is 0 Å².